The summed E-state index contributed by atoms with van der Waals surface area (Å²) in [6.07, 6.45) is 3.61. The quantitative estimate of drug-likeness (QED) is 0.697. The Morgan fingerprint density at radius 3 is 2.86 bits per heavy atom. The van der Waals surface area contributed by atoms with Gasteiger partial charge in [0.2, 0.25) is 0 Å². The van der Waals surface area contributed by atoms with Crippen molar-refractivity contribution in [1.82, 2.24) is 9.97 Å². The highest BCUT2D eigenvalue weighted by molar-refractivity contribution is 7.19. The second-order valence-corrected chi connectivity index (χ2v) is 8.93. The zero-order chi connectivity index (χ0) is 18.9. The van der Waals surface area contributed by atoms with Gasteiger partial charge in [-0.05, 0) is 42.9 Å². The van der Waals surface area contributed by atoms with E-state index >= 15 is 0 Å². The summed E-state index contributed by atoms with van der Waals surface area (Å²) in [6.45, 7) is 7.59. The molecule has 0 saturated carbocycles. The van der Waals surface area contributed by atoms with Crippen molar-refractivity contribution in [2.45, 2.75) is 39.3 Å². The van der Waals surface area contributed by atoms with Crippen molar-refractivity contribution in [2.75, 3.05) is 31.6 Å². The molecule has 5 rings (SSSR count). The number of rotatable bonds is 5. The van der Waals surface area contributed by atoms with Gasteiger partial charge in [-0.25, -0.2) is 9.97 Å². The number of anilines is 1. The third-order valence-electron chi connectivity index (χ3n) is 5.93. The lowest BCUT2D eigenvalue weighted by molar-refractivity contribution is -0.922. The summed E-state index contributed by atoms with van der Waals surface area (Å²) >= 11 is 1.88. The maximum Gasteiger partial charge on any atom is 0.187 e. The Morgan fingerprint density at radius 1 is 1.14 bits per heavy atom. The lowest BCUT2D eigenvalue weighted by Gasteiger charge is -2.23. The standard InChI is InChI=1S/C22H26N4OS/c1-15-5-2-3-6-16(15)13-23-21-20-17-7-4-8-18(17)28-22(20)25-19(24-21)14-26-9-11-27-12-10-26/h2-3,5-6H,4,7-14H2,1H3,(H,23,24,25)/p+1. The van der Waals surface area contributed by atoms with E-state index < -0.39 is 0 Å². The zero-order valence-electron chi connectivity index (χ0n) is 16.4. The lowest BCUT2D eigenvalue weighted by Crippen LogP contribution is -3.12. The molecule has 3 heterocycles. The predicted octanol–water partition coefficient (Wildman–Crippen LogP) is 2.52. The number of morpholine rings is 1. The van der Waals surface area contributed by atoms with Crippen LogP contribution in [0.4, 0.5) is 5.82 Å². The number of quaternary nitrogens is 1. The molecule has 0 spiro atoms. The van der Waals surface area contributed by atoms with Gasteiger partial charge in [0.25, 0.3) is 0 Å². The smallest absolute Gasteiger partial charge is 0.187 e. The van der Waals surface area contributed by atoms with E-state index in [1.165, 1.54) is 44.7 Å². The molecule has 1 fully saturated rings. The minimum atomic E-state index is 0.799. The third kappa shape index (κ3) is 3.52. The van der Waals surface area contributed by atoms with Crippen LogP contribution in [0.15, 0.2) is 24.3 Å². The molecule has 0 amide bonds. The van der Waals surface area contributed by atoms with Crippen molar-refractivity contribution < 1.29 is 9.64 Å². The largest absolute Gasteiger partial charge is 0.370 e. The Morgan fingerprint density at radius 2 is 2.00 bits per heavy atom. The first-order chi connectivity index (χ1) is 13.8. The molecule has 28 heavy (non-hydrogen) atoms. The first kappa shape index (κ1) is 18.0. The topological polar surface area (TPSA) is 51.5 Å². The lowest BCUT2D eigenvalue weighted by atomic mass is 10.1. The van der Waals surface area contributed by atoms with Gasteiger partial charge in [0.1, 0.15) is 30.3 Å². The van der Waals surface area contributed by atoms with Crippen LogP contribution in [0.1, 0.15) is 33.8 Å². The molecule has 2 N–H and O–H groups in total. The van der Waals surface area contributed by atoms with Crippen LogP contribution < -0.4 is 10.2 Å². The second-order valence-electron chi connectivity index (χ2n) is 7.85. The molecule has 3 aromatic rings. The van der Waals surface area contributed by atoms with Gasteiger partial charge >= 0.3 is 0 Å². The molecular weight excluding hydrogens is 368 g/mol. The van der Waals surface area contributed by atoms with Gasteiger partial charge in [0.05, 0.1) is 18.6 Å². The molecule has 5 nitrogen and oxygen atoms in total. The fourth-order valence-corrected chi connectivity index (χ4v) is 5.57. The van der Waals surface area contributed by atoms with Crippen LogP contribution in [-0.2, 0) is 30.7 Å². The summed E-state index contributed by atoms with van der Waals surface area (Å²) < 4.78 is 5.50. The Labute approximate surface area is 169 Å². The number of ether oxygens (including phenoxy) is 1. The molecule has 0 bridgehead atoms. The fourth-order valence-electron chi connectivity index (χ4n) is 4.29. The first-order valence-electron chi connectivity index (χ1n) is 10.3. The molecule has 1 aliphatic heterocycles. The maximum atomic E-state index is 5.50. The average molecular weight is 396 g/mol. The van der Waals surface area contributed by atoms with Crippen LogP contribution in [0.2, 0.25) is 0 Å². The molecule has 1 aliphatic carbocycles. The van der Waals surface area contributed by atoms with Crippen LogP contribution in [0.5, 0.6) is 0 Å². The molecule has 0 atom stereocenters. The number of aromatic nitrogens is 2. The van der Waals surface area contributed by atoms with Crippen molar-refractivity contribution >= 4 is 27.4 Å². The summed E-state index contributed by atoms with van der Waals surface area (Å²) in [5.74, 6) is 1.98. The van der Waals surface area contributed by atoms with E-state index in [2.05, 4.69) is 36.5 Å². The number of aryl methyl sites for hydroxylation is 3. The Hall–Kier alpha value is -2.02. The van der Waals surface area contributed by atoms with E-state index in [-0.39, 0.29) is 0 Å². The number of thiophene rings is 1. The van der Waals surface area contributed by atoms with E-state index in [4.69, 9.17) is 14.7 Å². The van der Waals surface area contributed by atoms with E-state index in [1.54, 1.807) is 0 Å². The van der Waals surface area contributed by atoms with Crippen molar-refractivity contribution in [3.05, 3.63) is 51.7 Å². The molecule has 2 aromatic heterocycles. The monoisotopic (exact) mass is 395 g/mol. The van der Waals surface area contributed by atoms with Gasteiger partial charge in [-0.2, -0.15) is 0 Å². The SMILES string of the molecule is Cc1ccccc1CNc1nc(C[NH+]2CCOCC2)nc2sc3c(c12)CCC3. The highest BCUT2D eigenvalue weighted by Gasteiger charge is 2.24. The van der Waals surface area contributed by atoms with E-state index in [0.29, 0.717) is 0 Å². The molecule has 6 heteroatoms. The van der Waals surface area contributed by atoms with Gasteiger partial charge in [0, 0.05) is 11.4 Å². The van der Waals surface area contributed by atoms with Gasteiger partial charge in [0.15, 0.2) is 5.82 Å². The highest BCUT2D eigenvalue weighted by atomic mass is 32.1. The Kier molecular flexibility index (Phi) is 5.01. The highest BCUT2D eigenvalue weighted by Crippen LogP contribution is 2.39. The van der Waals surface area contributed by atoms with Gasteiger partial charge in [-0.3, -0.25) is 0 Å². The number of hydrogen-bond acceptors (Lipinski definition) is 5. The third-order valence-corrected chi connectivity index (χ3v) is 7.11. The van der Waals surface area contributed by atoms with Crippen LogP contribution in [0, 0.1) is 6.92 Å². The number of benzene rings is 1. The summed E-state index contributed by atoms with van der Waals surface area (Å²) in [4.78, 5) is 14.2. The zero-order valence-corrected chi connectivity index (χ0v) is 17.2. The van der Waals surface area contributed by atoms with Gasteiger partial charge in [-0.15, -0.1) is 11.3 Å². The fraction of sp³-hybridized carbons (Fsp3) is 0.455. The first-order valence-corrected chi connectivity index (χ1v) is 11.1. The molecule has 146 valence electrons. The molecular formula is C22H27N4OS+. The average Bonchev–Trinajstić information content (AvgIpc) is 3.29. The molecule has 2 aliphatic rings. The maximum absolute atomic E-state index is 5.50. The van der Waals surface area contributed by atoms with Crippen LogP contribution in [0.3, 0.4) is 0 Å². The van der Waals surface area contributed by atoms with Gasteiger partial charge in [-0.1, -0.05) is 24.3 Å². The minimum Gasteiger partial charge on any atom is -0.370 e. The summed E-state index contributed by atoms with van der Waals surface area (Å²) in [6, 6.07) is 8.56. The normalized spacial score (nSPS) is 17.2. The summed E-state index contributed by atoms with van der Waals surface area (Å²) in [7, 11) is 0. The Bertz CT molecular complexity index is 994. The van der Waals surface area contributed by atoms with Crippen molar-refractivity contribution in [1.29, 1.82) is 0 Å². The number of fused-ring (bicyclic) bond motifs is 3. The van der Waals surface area contributed by atoms with Crippen molar-refractivity contribution in [3.63, 3.8) is 0 Å². The van der Waals surface area contributed by atoms with E-state index in [1.807, 2.05) is 11.3 Å². The predicted molar refractivity (Wildman–Crippen MR) is 113 cm³/mol. The summed E-state index contributed by atoms with van der Waals surface area (Å²) in [5.41, 5.74) is 4.12. The van der Waals surface area contributed by atoms with Crippen LogP contribution in [-0.4, -0.2) is 36.3 Å². The Balaban J connectivity index is 1.48. The number of hydrogen-bond donors (Lipinski definition) is 2. The second kappa shape index (κ2) is 7.78. The van der Waals surface area contributed by atoms with Crippen LogP contribution >= 0.6 is 11.3 Å². The van der Waals surface area contributed by atoms with E-state index in [0.717, 1.165) is 62.3 Å². The molecule has 1 aromatic carbocycles. The number of nitrogens with one attached hydrogen (secondary N) is 2. The molecule has 0 unspecified atom stereocenters. The summed E-state index contributed by atoms with van der Waals surface area (Å²) in [5, 5.41) is 4.93. The van der Waals surface area contributed by atoms with Crippen LogP contribution in [0.25, 0.3) is 10.2 Å². The minimum absolute atomic E-state index is 0.799. The molecule has 1 saturated heterocycles. The van der Waals surface area contributed by atoms with E-state index in [9.17, 15) is 0 Å². The molecule has 0 radical (unpaired) electrons. The van der Waals surface area contributed by atoms with Gasteiger partial charge < -0.3 is 15.0 Å². The van der Waals surface area contributed by atoms with Crippen molar-refractivity contribution in [2.24, 2.45) is 0 Å². The van der Waals surface area contributed by atoms with Crippen molar-refractivity contribution in [3.8, 4) is 0 Å². The number of nitrogens with zero attached hydrogens (tertiary/aromatic N) is 2.